The average Bonchev–Trinajstić information content (AvgIpc) is 2.92. The molecular formula is C20H24. The predicted octanol–water partition coefficient (Wildman–Crippen LogP) is 5.38. The summed E-state index contributed by atoms with van der Waals surface area (Å²) in [5, 5.41) is 0. The number of benzene rings is 2. The van der Waals surface area contributed by atoms with Crippen LogP contribution in [-0.4, -0.2) is 0 Å². The maximum Gasteiger partial charge on any atom is -0.0117 e. The Hall–Kier alpha value is -1.56. The summed E-state index contributed by atoms with van der Waals surface area (Å²) in [6.07, 6.45) is 3.82. The van der Waals surface area contributed by atoms with Crippen molar-refractivity contribution in [2.75, 3.05) is 0 Å². The van der Waals surface area contributed by atoms with E-state index in [4.69, 9.17) is 0 Å². The number of fused-ring (bicyclic) bond motifs is 1. The Morgan fingerprint density at radius 3 is 1.95 bits per heavy atom. The first-order chi connectivity index (χ1) is 9.52. The molecule has 0 nitrogen and oxygen atoms in total. The van der Waals surface area contributed by atoms with Crippen LogP contribution in [0, 0.1) is 34.6 Å². The van der Waals surface area contributed by atoms with E-state index in [2.05, 4.69) is 52.8 Å². The molecule has 0 N–H and O–H groups in total. The van der Waals surface area contributed by atoms with Gasteiger partial charge in [0.1, 0.15) is 0 Å². The van der Waals surface area contributed by atoms with Crippen molar-refractivity contribution in [2.45, 2.75) is 53.9 Å². The lowest BCUT2D eigenvalue weighted by Gasteiger charge is -2.21. The SMILES string of the molecule is Cc1c(C)c(C)c(-c2cccc3c2CCC3)c(C)c1C. The lowest BCUT2D eigenvalue weighted by molar-refractivity contribution is 0.912. The molecule has 0 aliphatic heterocycles. The second-order valence-corrected chi connectivity index (χ2v) is 6.30. The lowest BCUT2D eigenvalue weighted by Crippen LogP contribution is -2.01. The summed E-state index contributed by atoms with van der Waals surface area (Å²) < 4.78 is 0. The molecule has 2 aromatic carbocycles. The molecule has 104 valence electrons. The van der Waals surface area contributed by atoms with Crippen molar-refractivity contribution in [3.63, 3.8) is 0 Å². The summed E-state index contributed by atoms with van der Waals surface area (Å²) in [4.78, 5) is 0. The molecule has 20 heavy (non-hydrogen) atoms. The van der Waals surface area contributed by atoms with Crippen LogP contribution in [0.5, 0.6) is 0 Å². The fraction of sp³-hybridized carbons (Fsp3) is 0.400. The molecule has 1 aliphatic carbocycles. The molecule has 0 fully saturated rings. The quantitative estimate of drug-likeness (QED) is 0.648. The number of rotatable bonds is 1. The summed E-state index contributed by atoms with van der Waals surface area (Å²) >= 11 is 0. The second kappa shape index (κ2) is 4.77. The molecule has 0 aromatic heterocycles. The van der Waals surface area contributed by atoms with Gasteiger partial charge in [-0.1, -0.05) is 18.2 Å². The van der Waals surface area contributed by atoms with Gasteiger partial charge in [0.2, 0.25) is 0 Å². The van der Waals surface area contributed by atoms with E-state index >= 15 is 0 Å². The third kappa shape index (κ3) is 1.82. The van der Waals surface area contributed by atoms with E-state index in [-0.39, 0.29) is 0 Å². The standard InChI is InChI=1S/C20H24/c1-12-13(2)15(4)20(16(5)14(12)3)19-11-7-9-17-8-6-10-18(17)19/h7,9,11H,6,8,10H2,1-5H3. The predicted molar refractivity (Wildman–Crippen MR) is 87.6 cm³/mol. The molecule has 0 atom stereocenters. The Labute approximate surface area is 122 Å². The van der Waals surface area contributed by atoms with E-state index in [1.165, 1.54) is 58.2 Å². The van der Waals surface area contributed by atoms with E-state index < -0.39 is 0 Å². The molecule has 0 unspecified atom stereocenters. The fourth-order valence-corrected chi connectivity index (χ4v) is 3.76. The van der Waals surface area contributed by atoms with Crippen molar-refractivity contribution in [1.82, 2.24) is 0 Å². The van der Waals surface area contributed by atoms with Gasteiger partial charge in [0.15, 0.2) is 0 Å². The summed E-state index contributed by atoms with van der Waals surface area (Å²) in [6, 6.07) is 6.88. The molecule has 2 aromatic rings. The summed E-state index contributed by atoms with van der Waals surface area (Å²) in [6.45, 7) is 11.4. The maximum absolute atomic E-state index is 2.33. The minimum atomic E-state index is 1.25. The first-order valence-electron chi connectivity index (χ1n) is 7.70. The van der Waals surface area contributed by atoms with Crippen LogP contribution < -0.4 is 0 Å². The molecule has 1 aliphatic rings. The highest BCUT2D eigenvalue weighted by Crippen LogP contribution is 2.39. The van der Waals surface area contributed by atoms with Crippen LogP contribution in [0.4, 0.5) is 0 Å². The van der Waals surface area contributed by atoms with Gasteiger partial charge >= 0.3 is 0 Å². The second-order valence-electron chi connectivity index (χ2n) is 6.30. The number of hydrogen-bond donors (Lipinski definition) is 0. The van der Waals surface area contributed by atoms with Gasteiger partial charge in [0.25, 0.3) is 0 Å². The summed E-state index contributed by atoms with van der Waals surface area (Å²) in [5.41, 5.74) is 13.4. The minimum absolute atomic E-state index is 1.25. The molecule has 0 bridgehead atoms. The van der Waals surface area contributed by atoms with E-state index in [0.29, 0.717) is 0 Å². The highest BCUT2D eigenvalue weighted by Gasteiger charge is 2.20. The summed E-state index contributed by atoms with van der Waals surface area (Å²) in [5.74, 6) is 0. The van der Waals surface area contributed by atoms with Crippen molar-refractivity contribution in [3.05, 3.63) is 57.1 Å². The highest BCUT2D eigenvalue weighted by molar-refractivity contribution is 5.78. The van der Waals surface area contributed by atoms with E-state index in [0.717, 1.165) is 0 Å². The Bertz CT molecular complexity index is 661. The van der Waals surface area contributed by atoms with Crippen molar-refractivity contribution in [3.8, 4) is 11.1 Å². The highest BCUT2D eigenvalue weighted by atomic mass is 14.2. The molecule has 0 heterocycles. The first kappa shape index (κ1) is 13.4. The van der Waals surface area contributed by atoms with Crippen molar-refractivity contribution < 1.29 is 0 Å². The molecule has 0 spiro atoms. The smallest absolute Gasteiger partial charge is 0.0117 e. The molecule has 0 saturated heterocycles. The van der Waals surface area contributed by atoms with E-state index in [9.17, 15) is 0 Å². The monoisotopic (exact) mass is 264 g/mol. The van der Waals surface area contributed by atoms with Crippen LogP contribution in [0.2, 0.25) is 0 Å². The zero-order valence-corrected chi connectivity index (χ0v) is 13.4. The fourth-order valence-electron chi connectivity index (χ4n) is 3.76. The Kier molecular flexibility index (Phi) is 3.20. The van der Waals surface area contributed by atoms with Crippen LogP contribution in [0.25, 0.3) is 11.1 Å². The van der Waals surface area contributed by atoms with Gasteiger partial charge in [-0.3, -0.25) is 0 Å². The van der Waals surface area contributed by atoms with Crippen LogP contribution in [0.3, 0.4) is 0 Å². The molecule has 3 rings (SSSR count). The van der Waals surface area contributed by atoms with Crippen LogP contribution >= 0.6 is 0 Å². The van der Waals surface area contributed by atoms with Gasteiger partial charge in [-0.15, -0.1) is 0 Å². The third-order valence-corrected chi connectivity index (χ3v) is 5.42. The molecule has 0 saturated carbocycles. The minimum Gasteiger partial charge on any atom is -0.0614 e. The normalized spacial score (nSPS) is 13.7. The summed E-state index contributed by atoms with van der Waals surface area (Å²) in [7, 11) is 0. The first-order valence-corrected chi connectivity index (χ1v) is 7.70. The molecule has 0 amide bonds. The van der Waals surface area contributed by atoms with Gasteiger partial charge < -0.3 is 0 Å². The van der Waals surface area contributed by atoms with E-state index in [1.807, 2.05) is 0 Å². The largest absolute Gasteiger partial charge is 0.0614 e. The van der Waals surface area contributed by atoms with Gasteiger partial charge in [0.05, 0.1) is 0 Å². The van der Waals surface area contributed by atoms with Crippen LogP contribution in [0.1, 0.15) is 45.4 Å². The van der Waals surface area contributed by atoms with Gasteiger partial charge in [0, 0.05) is 0 Å². The molecule has 0 heteroatoms. The third-order valence-electron chi connectivity index (χ3n) is 5.42. The Morgan fingerprint density at radius 1 is 0.700 bits per heavy atom. The number of aryl methyl sites for hydroxylation is 1. The van der Waals surface area contributed by atoms with Crippen molar-refractivity contribution >= 4 is 0 Å². The van der Waals surface area contributed by atoms with Gasteiger partial charge in [-0.25, -0.2) is 0 Å². The maximum atomic E-state index is 2.33. The number of hydrogen-bond acceptors (Lipinski definition) is 0. The lowest BCUT2D eigenvalue weighted by atomic mass is 9.84. The Balaban J connectivity index is 2.34. The van der Waals surface area contributed by atoms with E-state index in [1.54, 1.807) is 11.1 Å². The Morgan fingerprint density at radius 2 is 1.30 bits per heavy atom. The average molecular weight is 264 g/mol. The van der Waals surface area contributed by atoms with Crippen LogP contribution in [0.15, 0.2) is 18.2 Å². The van der Waals surface area contributed by atoms with Gasteiger partial charge in [-0.2, -0.15) is 0 Å². The topological polar surface area (TPSA) is 0 Å². The zero-order chi connectivity index (χ0) is 14.4. The molecular weight excluding hydrogens is 240 g/mol. The van der Waals surface area contributed by atoms with Crippen molar-refractivity contribution in [1.29, 1.82) is 0 Å². The van der Waals surface area contributed by atoms with Crippen molar-refractivity contribution in [2.24, 2.45) is 0 Å². The van der Waals surface area contributed by atoms with Crippen LogP contribution in [-0.2, 0) is 12.8 Å². The van der Waals surface area contributed by atoms with Gasteiger partial charge in [-0.05, 0) is 104 Å². The molecule has 0 radical (unpaired) electrons. The zero-order valence-electron chi connectivity index (χ0n) is 13.4.